The summed E-state index contributed by atoms with van der Waals surface area (Å²) in [6.07, 6.45) is 2.07. The van der Waals surface area contributed by atoms with E-state index in [1.165, 1.54) is 7.11 Å². The normalized spacial score (nSPS) is 30.4. The van der Waals surface area contributed by atoms with Crippen LogP contribution in [0.3, 0.4) is 0 Å². The molecule has 1 saturated heterocycles. The molecule has 0 aromatic heterocycles. The smallest absolute Gasteiger partial charge is 0.322 e. The monoisotopic (exact) mass is 157 g/mol. The highest BCUT2D eigenvalue weighted by molar-refractivity contribution is 5.75. The van der Waals surface area contributed by atoms with Crippen molar-refractivity contribution in [3.05, 3.63) is 0 Å². The van der Waals surface area contributed by atoms with Gasteiger partial charge in [-0.1, -0.05) is 13.3 Å². The van der Waals surface area contributed by atoms with Gasteiger partial charge in [0.1, 0.15) is 6.04 Å². The van der Waals surface area contributed by atoms with E-state index in [0.29, 0.717) is 5.92 Å². The molecule has 2 atom stereocenters. The van der Waals surface area contributed by atoms with Gasteiger partial charge in [-0.3, -0.25) is 4.79 Å². The molecule has 1 fully saturated rings. The fourth-order valence-electron chi connectivity index (χ4n) is 1.44. The van der Waals surface area contributed by atoms with Crippen LogP contribution in [0.1, 0.15) is 19.8 Å². The molecule has 0 aromatic carbocycles. The molecule has 64 valence electrons. The van der Waals surface area contributed by atoms with Crippen molar-refractivity contribution < 1.29 is 9.53 Å². The first-order valence-corrected chi connectivity index (χ1v) is 4.09. The first-order valence-electron chi connectivity index (χ1n) is 4.09. The molecule has 1 aliphatic rings. The Bertz CT molecular complexity index is 147. The fourth-order valence-corrected chi connectivity index (χ4v) is 1.44. The molecule has 1 unspecified atom stereocenters. The molecule has 0 aliphatic carbocycles. The van der Waals surface area contributed by atoms with E-state index in [2.05, 4.69) is 17.0 Å². The lowest BCUT2D eigenvalue weighted by Crippen LogP contribution is -2.31. The zero-order chi connectivity index (χ0) is 8.27. The Morgan fingerprint density at radius 2 is 2.45 bits per heavy atom. The minimum absolute atomic E-state index is 0.0510. The number of methoxy groups -OCH3 is 1. The number of esters is 1. The van der Waals surface area contributed by atoms with E-state index in [4.69, 9.17) is 0 Å². The first-order chi connectivity index (χ1) is 5.27. The molecule has 11 heavy (non-hydrogen) atoms. The third-order valence-electron chi connectivity index (χ3n) is 2.29. The molecule has 1 N–H and O–H groups in total. The lowest BCUT2D eigenvalue weighted by molar-refractivity contribution is -0.142. The minimum atomic E-state index is -0.124. The maximum atomic E-state index is 11.0. The number of nitrogens with one attached hydrogen (secondary N) is 1. The van der Waals surface area contributed by atoms with Crippen LogP contribution in [0.5, 0.6) is 0 Å². The standard InChI is InChI=1S/C8H15NO2/c1-3-6-4-7(9-5-6)8(10)11-2/h6-7,9H,3-5H2,1-2H3/t6-,7?/m0/s1. The Balaban J connectivity index is 2.35. The molecule has 0 saturated carbocycles. The maximum Gasteiger partial charge on any atom is 0.322 e. The summed E-state index contributed by atoms with van der Waals surface area (Å²) in [5.41, 5.74) is 0. The van der Waals surface area contributed by atoms with Crippen LogP contribution in [0.2, 0.25) is 0 Å². The van der Waals surface area contributed by atoms with Gasteiger partial charge >= 0.3 is 5.97 Å². The Kier molecular flexibility index (Phi) is 2.88. The van der Waals surface area contributed by atoms with Crippen molar-refractivity contribution in [3.8, 4) is 0 Å². The van der Waals surface area contributed by atoms with Crippen LogP contribution in [-0.2, 0) is 9.53 Å². The maximum absolute atomic E-state index is 11.0. The number of hydrogen-bond donors (Lipinski definition) is 1. The lowest BCUT2D eigenvalue weighted by Gasteiger charge is -2.06. The predicted octanol–water partition coefficient (Wildman–Crippen LogP) is 0.547. The van der Waals surface area contributed by atoms with Gasteiger partial charge in [0.05, 0.1) is 7.11 Å². The van der Waals surface area contributed by atoms with Crippen LogP contribution >= 0.6 is 0 Å². The molecule has 1 heterocycles. The van der Waals surface area contributed by atoms with Crippen molar-refractivity contribution in [2.24, 2.45) is 5.92 Å². The van der Waals surface area contributed by atoms with Gasteiger partial charge in [-0.05, 0) is 18.9 Å². The summed E-state index contributed by atoms with van der Waals surface area (Å²) in [6.45, 7) is 3.10. The van der Waals surface area contributed by atoms with Gasteiger partial charge in [0, 0.05) is 0 Å². The van der Waals surface area contributed by atoms with E-state index in [9.17, 15) is 4.79 Å². The molecule has 0 amide bonds. The highest BCUT2D eigenvalue weighted by Gasteiger charge is 2.28. The zero-order valence-corrected chi connectivity index (χ0v) is 7.09. The van der Waals surface area contributed by atoms with E-state index < -0.39 is 0 Å². The molecular formula is C8H15NO2. The number of rotatable bonds is 2. The van der Waals surface area contributed by atoms with Crippen molar-refractivity contribution in [3.63, 3.8) is 0 Å². The Hall–Kier alpha value is -0.570. The van der Waals surface area contributed by atoms with Crippen LogP contribution < -0.4 is 5.32 Å². The van der Waals surface area contributed by atoms with E-state index in [1.54, 1.807) is 0 Å². The van der Waals surface area contributed by atoms with E-state index in [-0.39, 0.29) is 12.0 Å². The average molecular weight is 157 g/mol. The Morgan fingerprint density at radius 3 is 2.91 bits per heavy atom. The topological polar surface area (TPSA) is 38.3 Å². The summed E-state index contributed by atoms with van der Waals surface area (Å²) >= 11 is 0. The van der Waals surface area contributed by atoms with E-state index in [1.807, 2.05) is 0 Å². The molecular weight excluding hydrogens is 142 g/mol. The second-order valence-corrected chi connectivity index (χ2v) is 2.99. The Morgan fingerprint density at radius 1 is 1.73 bits per heavy atom. The summed E-state index contributed by atoms with van der Waals surface area (Å²) in [5, 5.41) is 3.13. The van der Waals surface area contributed by atoms with Gasteiger partial charge in [-0.15, -0.1) is 0 Å². The molecule has 3 nitrogen and oxygen atoms in total. The average Bonchev–Trinajstić information content (AvgIpc) is 2.50. The van der Waals surface area contributed by atoms with Crippen LogP contribution in [0.25, 0.3) is 0 Å². The van der Waals surface area contributed by atoms with Crippen molar-refractivity contribution in [1.29, 1.82) is 0 Å². The second kappa shape index (κ2) is 3.72. The number of hydrogen-bond acceptors (Lipinski definition) is 3. The van der Waals surface area contributed by atoms with Crippen LogP contribution in [0.4, 0.5) is 0 Å². The number of carbonyl (C=O) groups excluding carboxylic acids is 1. The lowest BCUT2D eigenvalue weighted by atomic mass is 10.0. The van der Waals surface area contributed by atoms with Gasteiger partial charge in [0.15, 0.2) is 0 Å². The van der Waals surface area contributed by atoms with Crippen LogP contribution in [0.15, 0.2) is 0 Å². The fraction of sp³-hybridized carbons (Fsp3) is 0.875. The Labute approximate surface area is 67.1 Å². The van der Waals surface area contributed by atoms with Crippen molar-refractivity contribution in [2.45, 2.75) is 25.8 Å². The number of ether oxygens (including phenoxy) is 1. The molecule has 1 rings (SSSR count). The van der Waals surface area contributed by atoms with Crippen molar-refractivity contribution >= 4 is 5.97 Å². The van der Waals surface area contributed by atoms with Gasteiger partial charge in [0.25, 0.3) is 0 Å². The van der Waals surface area contributed by atoms with Gasteiger partial charge in [0.2, 0.25) is 0 Å². The van der Waals surface area contributed by atoms with Gasteiger partial charge < -0.3 is 10.1 Å². The predicted molar refractivity (Wildman–Crippen MR) is 42.2 cm³/mol. The molecule has 0 radical (unpaired) electrons. The third-order valence-corrected chi connectivity index (χ3v) is 2.29. The summed E-state index contributed by atoms with van der Waals surface area (Å²) in [4.78, 5) is 11.0. The summed E-state index contributed by atoms with van der Waals surface area (Å²) in [5.74, 6) is 0.528. The summed E-state index contributed by atoms with van der Waals surface area (Å²) < 4.78 is 4.63. The third kappa shape index (κ3) is 1.93. The molecule has 0 aromatic rings. The van der Waals surface area contributed by atoms with Gasteiger partial charge in [-0.25, -0.2) is 0 Å². The van der Waals surface area contributed by atoms with E-state index in [0.717, 1.165) is 19.4 Å². The van der Waals surface area contributed by atoms with Crippen LogP contribution in [0, 0.1) is 5.92 Å². The molecule has 0 spiro atoms. The zero-order valence-electron chi connectivity index (χ0n) is 7.09. The van der Waals surface area contributed by atoms with Gasteiger partial charge in [-0.2, -0.15) is 0 Å². The largest absolute Gasteiger partial charge is 0.468 e. The molecule has 0 bridgehead atoms. The SMILES string of the molecule is CC[C@@H]1CNC(C(=O)OC)C1. The van der Waals surface area contributed by atoms with E-state index >= 15 is 0 Å². The second-order valence-electron chi connectivity index (χ2n) is 2.99. The molecule has 3 heteroatoms. The molecule has 1 aliphatic heterocycles. The quantitative estimate of drug-likeness (QED) is 0.595. The number of carbonyl (C=O) groups is 1. The first kappa shape index (κ1) is 8.53. The van der Waals surface area contributed by atoms with Crippen molar-refractivity contribution in [2.75, 3.05) is 13.7 Å². The summed E-state index contributed by atoms with van der Waals surface area (Å²) in [6, 6.07) is -0.0510. The van der Waals surface area contributed by atoms with Crippen LogP contribution in [-0.4, -0.2) is 25.7 Å². The highest BCUT2D eigenvalue weighted by Crippen LogP contribution is 2.17. The summed E-state index contributed by atoms with van der Waals surface area (Å²) in [7, 11) is 1.43. The highest BCUT2D eigenvalue weighted by atomic mass is 16.5. The van der Waals surface area contributed by atoms with Crippen molar-refractivity contribution in [1.82, 2.24) is 5.32 Å². The minimum Gasteiger partial charge on any atom is -0.468 e.